The van der Waals surface area contributed by atoms with E-state index in [4.69, 9.17) is 9.84 Å². The number of nitrogens with zero attached hydrogens (tertiary/aromatic N) is 2. The van der Waals surface area contributed by atoms with E-state index in [1.807, 2.05) is 22.6 Å². The minimum Gasteiger partial charge on any atom is -0.394 e. The lowest BCUT2D eigenvalue weighted by atomic mass is 10.0. The first-order valence-electron chi connectivity index (χ1n) is 7.80. The Morgan fingerprint density at radius 3 is 2.81 bits per heavy atom. The first-order valence-corrected chi connectivity index (χ1v) is 8.88. The molecule has 0 aliphatic heterocycles. The molecule has 8 heteroatoms. The number of ketones is 1. The molecule has 0 fully saturated rings. The molecular weight excluding hydrogens is 457 g/mol. The number of benzene rings is 1. The van der Waals surface area contributed by atoms with E-state index in [0.717, 1.165) is 3.57 Å². The topological polar surface area (TPSA) is 63.8 Å². The Kier molecular flexibility index (Phi) is 5.94. The Labute approximate surface area is 161 Å². The predicted octanol–water partition coefficient (Wildman–Crippen LogP) is 3.00. The van der Waals surface area contributed by atoms with Crippen molar-refractivity contribution in [2.45, 2.75) is 6.42 Å². The number of carbonyl (C=O) groups is 1. The molecule has 26 heavy (non-hydrogen) atoms. The average molecular weight is 472 g/mol. The van der Waals surface area contributed by atoms with Crippen LogP contribution in [0.3, 0.4) is 0 Å². The van der Waals surface area contributed by atoms with E-state index in [-0.39, 0.29) is 31.8 Å². The Bertz CT molecular complexity index is 959. The van der Waals surface area contributed by atoms with Crippen molar-refractivity contribution in [1.82, 2.24) is 9.38 Å². The summed E-state index contributed by atoms with van der Waals surface area (Å²) in [6, 6.07) is 5.95. The van der Waals surface area contributed by atoms with Crippen molar-refractivity contribution in [3.05, 3.63) is 68.8 Å². The number of pyridine rings is 1. The highest BCUT2D eigenvalue weighted by Gasteiger charge is 2.22. The van der Waals surface area contributed by atoms with E-state index >= 15 is 0 Å². The fraction of sp³-hybridized carbons (Fsp3) is 0.222. The number of aliphatic hydroxyl groups is 1. The van der Waals surface area contributed by atoms with Crippen LogP contribution in [0.2, 0.25) is 0 Å². The van der Waals surface area contributed by atoms with Crippen molar-refractivity contribution in [3.63, 3.8) is 0 Å². The van der Waals surface area contributed by atoms with Crippen LogP contribution in [0.5, 0.6) is 0 Å². The lowest BCUT2D eigenvalue weighted by Crippen LogP contribution is -2.18. The number of halogens is 3. The van der Waals surface area contributed by atoms with Crippen molar-refractivity contribution < 1.29 is 23.4 Å². The van der Waals surface area contributed by atoms with Gasteiger partial charge in [-0.25, -0.2) is 13.8 Å². The molecule has 0 bridgehead atoms. The molecule has 136 valence electrons. The Morgan fingerprint density at radius 2 is 2.08 bits per heavy atom. The molecule has 3 rings (SSSR count). The van der Waals surface area contributed by atoms with E-state index < -0.39 is 17.4 Å². The zero-order chi connectivity index (χ0) is 18.7. The Morgan fingerprint density at radius 1 is 1.27 bits per heavy atom. The number of carbonyl (C=O) groups excluding carboxylic acids is 1. The fourth-order valence-electron chi connectivity index (χ4n) is 2.71. The molecule has 0 saturated heterocycles. The molecule has 5 nitrogen and oxygen atoms in total. The summed E-state index contributed by atoms with van der Waals surface area (Å²) < 4.78 is 36.2. The molecule has 0 spiro atoms. The second kappa shape index (κ2) is 8.19. The third kappa shape index (κ3) is 3.92. The van der Waals surface area contributed by atoms with Crippen LogP contribution in [0.4, 0.5) is 8.78 Å². The smallest absolute Gasteiger partial charge is 0.193 e. The molecule has 3 aromatic rings. The molecule has 0 saturated carbocycles. The minimum atomic E-state index is -0.712. The zero-order valence-electron chi connectivity index (χ0n) is 13.6. The number of hydrogen-bond donors (Lipinski definition) is 1. The normalized spacial score (nSPS) is 11.2. The van der Waals surface area contributed by atoms with Gasteiger partial charge in [-0.2, -0.15) is 0 Å². The lowest BCUT2D eigenvalue weighted by Gasteiger charge is -2.14. The van der Waals surface area contributed by atoms with Gasteiger partial charge in [0, 0.05) is 21.8 Å². The van der Waals surface area contributed by atoms with E-state index in [2.05, 4.69) is 4.98 Å². The minimum absolute atomic E-state index is 0.0223. The standard InChI is InChI=1S/C18H15F2IN2O3/c19-14-6-12(21)2-1-11(14)5-16-18(17(25)9-26-4-3-24)15(20)7-13-8-22-10-23(13)16/h1-2,6-8,10,24H,3-5,9H2. The van der Waals surface area contributed by atoms with Crippen LogP contribution in [0, 0.1) is 15.2 Å². The number of aliphatic hydroxyl groups excluding tert-OH is 1. The lowest BCUT2D eigenvalue weighted by molar-refractivity contribution is 0.0659. The van der Waals surface area contributed by atoms with Crippen molar-refractivity contribution in [2.24, 2.45) is 0 Å². The summed E-state index contributed by atoms with van der Waals surface area (Å²) in [5.74, 6) is -1.71. The van der Waals surface area contributed by atoms with Gasteiger partial charge >= 0.3 is 0 Å². The number of hydrogen-bond acceptors (Lipinski definition) is 4. The van der Waals surface area contributed by atoms with Gasteiger partial charge in [-0.05, 0) is 40.3 Å². The number of imidazole rings is 1. The molecule has 0 radical (unpaired) electrons. The Balaban J connectivity index is 2.07. The van der Waals surface area contributed by atoms with Crippen LogP contribution in [0.25, 0.3) is 5.52 Å². The highest BCUT2D eigenvalue weighted by Crippen LogP contribution is 2.23. The van der Waals surface area contributed by atoms with Crippen molar-refractivity contribution in [2.75, 3.05) is 19.8 Å². The van der Waals surface area contributed by atoms with Crippen molar-refractivity contribution in [1.29, 1.82) is 0 Å². The van der Waals surface area contributed by atoms with Crippen molar-refractivity contribution in [3.8, 4) is 0 Å². The van der Waals surface area contributed by atoms with Gasteiger partial charge in [0.2, 0.25) is 0 Å². The summed E-state index contributed by atoms with van der Waals surface area (Å²) in [5.41, 5.74) is 0.953. The first kappa shape index (κ1) is 18.9. The Hall–Kier alpha value is -1.91. The summed E-state index contributed by atoms with van der Waals surface area (Å²) in [6.07, 6.45) is 2.95. The summed E-state index contributed by atoms with van der Waals surface area (Å²) in [7, 11) is 0. The predicted molar refractivity (Wildman–Crippen MR) is 99.3 cm³/mol. The summed E-state index contributed by atoms with van der Waals surface area (Å²) in [5, 5.41) is 8.76. The molecular formula is C18H15F2IN2O3. The van der Waals surface area contributed by atoms with E-state index in [9.17, 15) is 13.6 Å². The summed E-state index contributed by atoms with van der Waals surface area (Å²) in [4.78, 5) is 16.5. The SMILES string of the molecule is O=C(COCCO)c1c(F)cc2cncn2c1Cc1ccc(I)cc1F. The number of Topliss-reactive ketones (excluding diaryl/α,β-unsaturated/α-hetero) is 1. The maximum atomic E-state index is 14.6. The van der Waals surface area contributed by atoms with Crippen LogP contribution in [-0.2, 0) is 11.2 Å². The number of fused-ring (bicyclic) bond motifs is 1. The number of aromatic nitrogens is 2. The average Bonchev–Trinajstić information content (AvgIpc) is 3.05. The van der Waals surface area contributed by atoms with Crippen molar-refractivity contribution >= 4 is 33.9 Å². The van der Waals surface area contributed by atoms with E-state index in [0.29, 0.717) is 16.8 Å². The van der Waals surface area contributed by atoms with Gasteiger partial charge < -0.3 is 14.2 Å². The third-order valence-corrected chi connectivity index (χ3v) is 4.55. The first-order chi connectivity index (χ1) is 12.5. The van der Waals surface area contributed by atoms with Gasteiger partial charge in [0.1, 0.15) is 18.2 Å². The maximum absolute atomic E-state index is 14.6. The molecule has 0 atom stereocenters. The van der Waals surface area contributed by atoms with Gasteiger partial charge in [-0.3, -0.25) is 4.79 Å². The molecule has 1 aromatic carbocycles. The van der Waals surface area contributed by atoms with Crippen LogP contribution in [-0.4, -0.2) is 40.1 Å². The zero-order valence-corrected chi connectivity index (χ0v) is 15.7. The van der Waals surface area contributed by atoms with Gasteiger partial charge in [0.05, 0.1) is 36.8 Å². The molecule has 2 aromatic heterocycles. The molecule has 2 heterocycles. The highest BCUT2D eigenvalue weighted by molar-refractivity contribution is 14.1. The van der Waals surface area contributed by atoms with Crippen LogP contribution < -0.4 is 0 Å². The van der Waals surface area contributed by atoms with Crippen LogP contribution in [0.1, 0.15) is 21.6 Å². The number of ether oxygens (including phenoxy) is 1. The molecule has 0 amide bonds. The van der Waals surface area contributed by atoms with Crippen LogP contribution >= 0.6 is 22.6 Å². The number of rotatable bonds is 7. The summed E-state index contributed by atoms with van der Waals surface area (Å²) in [6.45, 7) is -0.640. The highest BCUT2D eigenvalue weighted by atomic mass is 127. The molecule has 0 unspecified atom stereocenters. The maximum Gasteiger partial charge on any atom is 0.193 e. The van der Waals surface area contributed by atoms with E-state index in [1.54, 1.807) is 16.5 Å². The van der Waals surface area contributed by atoms with Crippen LogP contribution in [0.15, 0.2) is 36.8 Å². The molecule has 0 aliphatic carbocycles. The van der Waals surface area contributed by atoms with Gasteiger partial charge in [-0.15, -0.1) is 0 Å². The quantitative estimate of drug-likeness (QED) is 0.327. The monoisotopic (exact) mass is 472 g/mol. The van der Waals surface area contributed by atoms with Gasteiger partial charge in [0.25, 0.3) is 0 Å². The molecule has 0 aliphatic rings. The van der Waals surface area contributed by atoms with Gasteiger partial charge in [0.15, 0.2) is 5.78 Å². The largest absolute Gasteiger partial charge is 0.394 e. The second-order valence-corrected chi connectivity index (χ2v) is 6.86. The van der Waals surface area contributed by atoms with E-state index in [1.165, 1.54) is 24.7 Å². The molecule has 1 N–H and O–H groups in total. The summed E-state index contributed by atoms with van der Waals surface area (Å²) >= 11 is 2.00. The fourth-order valence-corrected chi connectivity index (χ4v) is 3.17. The third-order valence-electron chi connectivity index (χ3n) is 3.88. The van der Waals surface area contributed by atoms with Gasteiger partial charge in [-0.1, -0.05) is 6.07 Å². The second-order valence-electron chi connectivity index (χ2n) is 5.61.